The van der Waals surface area contributed by atoms with Crippen LogP contribution in [-0.4, -0.2) is 26.1 Å². The Morgan fingerprint density at radius 2 is 2.04 bits per heavy atom. The molecule has 0 bridgehead atoms. The molecule has 3 aromatic rings. The summed E-state index contributed by atoms with van der Waals surface area (Å²) in [4.78, 5) is 9.20. The minimum atomic E-state index is 0.316. The quantitative estimate of drug-likeness (QED) is 0.697. The van der Waals surface area contributed by atoms with Crippen molar-refractivity contribution >= 4 is 17.3 Å². The number of nitrogens with one attached hydrogen (secondary N) is 1. The number of fused-ring (bicyclic) bond motifs is 1. The summed E-state index contributed by atoms with van der Waals surface area (Å²) in [6, 6.07) is 8.11. The van der Waals surface area contributed by atoms with E-state index >= 15 is 0 Å². The van der Waals surface area contributed by atoms with E-state index in [9.17, 15) is 5.26 Å². The van der Waals surface area contributed by atoms with E-state index in [4.69, 9.17) is 10.7 Å². The zero-order chi connectivity index (χ0) is 19.6. The molecule has 3 rings (SSSR count). The average Bonchev–Trinajstić information content (AvgIpc) is 2.91. The molecule has 3 aromatic heterocycles. The maximum Gasteiger partial charge on any atom is 0.163 e. The third kappa shape index (κ3) is 3.85. The highest BCUT2D eigenvalue weighted by atomic mass is 15.3. The highest BCUT2D eigenvalue weighted by molar-refractivity contribution is 5.69. The van der Waals surface area contributed by atoms with Crippen molar-refractivity contribution in [2.24, 2.45) is 5.92 Å². The monoisotopic (exact) mass is 363 g/mol. The van der Waals surface area contributed by atoms with Crippen LogP contribution in [0.5, 0.6) is 0 Å². The number of hydrogen-bond acceptors (Lipinski definition) is 6. The van der Waals surface area contributed by atoms with Gasteiger partial charge in [-0.1, -0.05) is 19.9 Å². The fourth-order valence-corrected chi connectivity index (χ4v) is 3.15. The standard InChI is InChI=1S/C20H25N7/c1-12(2)10-16-14(4)26-27-18(22)17(11-21)19(25-20(16)27)23-9-8-15-7-5-6-13(3)24-15/h5-7,12H,8-10,22H2,1-4H3,(H,23,25). The van der Waals surface area contributed by atoms with E-state index in [-0.39, 0.29) is 0 Å². The average molecular weight is 363 g/mol. The van der Waals surface area contributed by atoms with Crippen molar-refractivity contribution in [1.82, 2.24) is 19.6 Å². The zero-order valence-corrected chi connectivity index (χ0v) is 16.2. The van der Waals surface area contributed by atoms with Gasteiger partial charge in [0.15, 0.2) is 5.65 Å². The van der Waals surface area contributed by atoms with Gasteiger partial charge < -0.3 is 11.1 Å². The predicted molar refractivity (Wildman–Crippen MR) is 107 cm³/mol. The van der Waals surface area contributed by atoms with Gasteiger partial charge in [-0.25, -0.2) is 4.98 Å². The van der Waals surface area contributed by atoms with E-state index in [2.05, 4.69) is 35.3 Å². The van der Waals surface area contributed by atoms with E-state index in [0.29, 0.717) is 35.3 Å². The van der Waals surface area contributed by atoms with Gasteiger partial charge >= 0.3 is 0 Å². The first kappa shape index (κ1) is 18.6. The van der Waals surface area contributed by atoms with Gasteiger partial charge in [0.1, 0.15) is 23.3 Å². The number of aromatic nitrogens is 4. The van der Waals surface area contributed by atoms with Gasteiger partial charge in [0.25, 0.3) is 0 Å². The van der Waals surface area contributed by atoms with Gasteiger partial charge in [-0.2, -0.15) is 14.9 Å². The molecule has 0 aliphatic rings. The van der Waals surface area contributed by atoms with E-state index in [0.717, 1.165) is 35.5 Å². The van der Waals surface area contributed by atoms with Crippen molar-refractivity contribution in [3.8, 4) is 6.07 Å². The largest absolute Gasteiger partial charge is 0.382 e. The minimum absolute atomic E-state index is 0.316. The Kier molecular flexibility index (Phi) is 5.26. The third-order valence-electron chi connectivity index (χ3n) is 4.44. The van der Waals surface area contributed by atoms with Crippen LogP contribution < -0.4 is 11.1 Å². The van der Waals surface area contributed by atoms with Crippen molar-refractivity contribution in [2.75, 3.05) is 17.6 Å². The molecule has 0 aliphatic heterocycles. The second kappa shape index (κ2) is 7.62. The number of nitriles is 1. The Balaban J connectivity index is 1.92. The fraction of sp³-hybridized carbons (Fsp3) is 0.400. The molecule has 0 spiro atoms. The molecule has 0 atom stereocenters. The molecule has 0 amide bonds. The second-order valence-corrected chi connectivity index (χ2v) is 7.18. The molecule has 3 heterocycles. The SMILES string of the molecule is Cc1cccc(CCNc2nc3c(CC(C)C)c(C)nn3c(N)c2C#N)n1. The van der Waals surface area contributed by atoms with Crippen LogP contribution in [0.25, 0.3) is 5.65 Å². The molecule has 0 fully saturated rings. The Morgan fingerprint density at radius 1 is 1.26 bits per heavy atom. The summed E-state index contributed by atoms with van der Waals surface area (Å²) in [5, 5.41) is 17.3. The number of hydrogen-bond donors (Lipinski definition) is 2. The Hall–Kier alpha value is -3.14. The molecule has 0 unspecified atom stereocenters. The van der Waals surface area contributed by atoms with Gasteiger partial charge in [0, 0.05) is 29.9 Å². The second-order valence-electron chi connectivity index (χ2n) is 7.18. The van der Waals surface area contributed by atoms with Crippen LogP contribution in [0.4, 0.5) is 11.6 Å². The van der Waals surface area contributed by atoms with Crippen molar-refractivity contribution in [2.45, 2.75) is 40.5 Å². The zero-order valence-electron chi connectivity index (χ0n) is 16.2. The summed E-state index contributed by atoms with van der Waals surface area (Å²) >= 11 is 0. The molecule has 0 saturated carbocycles. The number of pyridine rings is 1. The number of rotatable bonds is 6. The molecule has 0 aromatic carbocycles. The molecule has 7 nitrogen and oxygen atoms in total. The van der Waals surface area contributed by atoms with Crippen LogP contribution in [0.15, 0.2) is 18.2 Å². The molecule has 7 heteroatoms. The smallest absolute Gasteiger partial charge is 0.163 e. The number of nitrogen functional groups attached to an aromatic ring is 1. The number of nitrogens with zero attached hydrogens (tertiary/aromatic N) is 5. The van der Waals surface area contributed by atoms with Gasteiger partial charge in [0.05, 0.1) is 5.69 Å². The fourth-order valence-electron chi connectivity index (χ4n) is 3.15. The topological polar surface area (TPSA) is 105 Å². The van der Waals surface area contributed by atoms with Crippen LogP contribution in [0.2, 0.25) is 0 Å². The maximum absolute atomic E-state index is 9.57. The first-order valence-corrected chi connectivity index (χ1v) is 9.15. The van der Waals surface area contributed by atoms with Crippen LogP contribution in [0.3, 0.4) is 0 Å². The van der Waals surface area contributed by atoms with E-state index in [1.807, 2.05) is 32.0 Å². The number of nitrogens with two attached hydrogens (primary N) is 1. The highest BCUT2D eigenvalue weighted by Crippen LogP contribution is 2.26. The summed E-state index contributed by atoms with van der Waals surface area (Å²) in [7, 11) is 0. The molecular weight excluding hydrogens is 338 g/mol. The number of anilines is 2. The lowest BCUT2D eigenvalue weighted by molar-refractivity contribution is 0.647. The van der Waals surface area contributed by atoms with Crippen LogP contribution in [0, 0.1) is 31.1 Å². The number of aryl methyl sites for hydroxylation is 2. The maximum atomic E-state index is 9.57. The lowest BCUT2D eigenvalue weighted by atomic mass is 10.0. The van der Waals surface area contributed by atoms with E-state index < -0.39 is 0 Å². The van der Waals surface area contributed by atoms with Crippen LogP contribution >= 0.6 is 0 Å². The van der Waals surface area contributed by atoms with E-state index in [1.54, 1.807) is 4.52 Å². The van der Waals surface area contributed by atoms with E-state index in [1.165, 1.54) is 0 Å². The van der Waals surface area contributed by atoms with Crippen molar-refractivity contribution in [3.05, 3.63) is 46.4 Å². The summed E-state index contributed by atoms with van der Waals surface area (Å²) < 4.78 is 1.58. The lowest BCUT2D eigenvalue weighted by Gasteiger charge is -2.11. The molecule has 27 heavy (non-hydrogen) atoms. The van der Waals surface area contributed by atoms with Crippen molar-refractivity contribution in [3.63, 3.8) is 0 Å². The minimum Gasteiger partial charge on any atom is -0.382 e. The highest BCUT2D eigenvalue weighted by Gasteiger charge is 2.19. The molecule has 0 saturated heterocycles. The van der Waals surface area contributed by atoms with Gasteiger partial charge in [-0.15, -0.1) is 0 Å². The normalized spacial score (nSPS) is 11.1. The van der Waals surface area contributed by atoms with Crippen LogP contribution in [-0.2, 0) is 12.8 Å². The summed E-state index contributed by atoms with van der Waals surface area (Å²) in [6.45, 7) is 8.85. The van der Waals surface area contributed by atoms with Gasteiger partial charge in [-0.05, 0) is 38.3 Å². The molecule has 3 N–H and O–H groups in total. The van der Waals surface area contributed by atoms with Gasteiger partial charge in [0.2, 0.25) is 0 Å². The Labute approximate surface area is 159 Å². The Morgan fingerprint density at radius 3 is 2.70 bits per heavy atom. The molecule has 0 radical (unpaired) electrons. The summed E-state index contributed by atoms with van der Waals surface area (Å²) in [6.07, 6.45) is 1.59. The Bertz CT molecular complexity index is 1010. The van der Waals surface area contributed by atoms with Gasteiger partial charge in [-0.3, -0.25) is 4.98 Å². The first-order valence-electron chi connectivity index (χ1n) is 9.15. The summed E-state index contributed by atoms with van der Waals surface area (Å²) in [5.41, 5.74) is 11.2. The van der Waals surface area contributed by atoms with Crippen molar-refractivity contribution in [1.29, 1.82) is 5.26 Å². The summed E-state index contributed by atoms with van der Waals surface area (Å²) in [5.74, 6) is 1.29. The predicted octanol–water partition coefficient (Wildman–Crippen LogP) is 3.05. The lowest BCUT2D eigenvalue weighted by Crippen LogP contribution is -2.13. The van der Waals surface area contributed by atoms with Crippen LogP contribution in [0.1, 0.15) is 42.1 Å². The third-order valence-corrected chi connectivity index (χ3v) is 4.44. The first-order chi connectivity index (χ1) is 12.9. The molecule has 140 valence electrons. The molecular formula is C20H25N7. The molecule has 0 aliphatic carbocycles. The van der Waals surface area contributed by atoms with Crippen molar-refractivity contribution < 1.29 is 0 Å².